The summed E-state index contributed by atoms with van der Waals surface area (Å²) in [6.07, 6.45) is 8.20. The van der Waals surface area contributed by atoms with Crippen molar-refractivity contribution in [2.75, 3.05) is 6.26 Å². The zero-order valence-corrected chi connectivity index (χ0v) is 20.0. The van der Waals surface area contributed by atoms with E-state index in [1.165, 1.54) is 5.41 Å². The normalized spacial score (nSPS) is 16.0. The Hall–Kier alpha value is -2.80. The Morgan fingerprint density at radius 3 is 2.44 bits per heavy atom. The van der Waals surface area contributed by atoms with E-state index in [0.717, 1.165) is 35.8 Å². The molecule has 1 atom stereocenters. The first-order chi connectivity index (χ1) is 15.0. The first-order valence-corrected chi connectivity index (χ1v) is 12.8. The van der Waals surface area contributed by atoms with E-state index in [9.17, 15) is 13.2 Å². The predicted octanol–water partition coefficient (Wildman–Crippen LogP) is 4.57. The van der Waals surface area contributed by atoms with Crippen molar-refractivity contribution in [2.45, 2.75) is 52.0 Å². The second-order valence-electron chi connectivity index (χ2n) is 9.76. The first-order valence-electron chi connectivity index (χ1n) is 10.8. The molecule has 1 aromatic carbocycles. The lowest BCUT2D eigenvalue weighted by molar-refractivity contribution is 0.523. The van der Waals surface area contributed by atoms with Gasteiger partial charge in [0, 0.05) is 35.0 Å². The lowest BCUT2D eigenvalue weighted by Gasteiger charge is -2.21. The molecule has 2 heterocycles. The molecule has 0 amide bonds. The minimum absolute atomic E-state index is 0.201. The van der Waals surface area contributed by atoms with Crippen molar-refractivity contribution in [3.05, 3.63) is 69.9 Å². The van der Waals surface area contributed by atoms with E-state index >= 15 is 0 Å². The lowest BCUT2D eigenvalue weighted by Crippen LogP contribution is -2.26. The van der Waals surface area contributed by atoms with Gasteiger partial charge in [-0.2, -0.15) is 0 Å². The summed E-state index contributed by atoms with van der Waals surface area (Å²) in [6.45, 7) is 8.16. The predicted molar refractivity (Wildman–Crippen MR) is 128 cm³/mol. The molecule has 0 saturated heterocycles. The highest BCUT2D eigenvalue weighted by Gasteiger charge is 2.32. The highest BCUT2D eigenvalue weighted by atomic mass is 32.2. The molecule has 6 nitrogen and oxygen atoms in total. The zero-order chi connectivity index (χ0) is 23.3. The topological polar surface area (TPSA) is 81.9 Å². The van der Waals surface area contributed by atoms with E-state index < -0.39 is 9.84 Å². The molecule has 1 aliphatic rings. The number of fused-ring (bicyclic) bond motifs is 1. The number of aryl methyl sites for hydroxylation is 1. The van der Waals surface area contributed by atoms with Crippen molar-refractivity contribution in [1.29, 1.82) is 0 Å². The molecular weight excluding hydrogens is 422 g/mol. The van der Waals surface area contributed by atoms with Gasteiger partial charge in [0.2, 0.25) is 0 Å². The molecular formula is C25H29N3O3S. The zero-order valence-electron chi connectivity index (χ0n) is 19.2. The van der Waals surface area contributed by atoms with Crippen molar-refractivity contribution in [3.8, 4) is 11.1 Å². The van der Waals surface area contributed by atoms with Crippen LogP contribution in [0.15, 0.2) is 52.9 Å². The van der Waals surface area contributed by atoms with E-state index in [4.69, 9.17) is 4.98 Å². The second kappa shape index (κ2) is 7.96. The molecule has 3 aromatic rings. The molecule has 1 aliphatic carbocycles. The van der Waals surface area contributed by atoms with Crippen LogP contribution in [0.1, 0.15) is 51.0 Å². The standard InChI is InChI=1S/C25H29N3O3S/c1-16-8-6-7-9-18(16)20-15-28(21(17-10-11-17)12-13-32(5,30)31)23(29)19-14-26-24(25(2,3)4)27-22(19)20/h6-9,12-15,17,21H,10-11H2,1-5H3/b13-12+/t21-/m0/s1. The van der Waals surface area contributed by atoms with Gasteiger partial charge in [-0.15, -0.1) is 0 Å². The number of sulfone groups is 1. The fourth-order valence-corrected chi connectivity index (χ4v) is 4.38. The second-order valence-corrected chi connectivity index (χ2v) is 11.7. The number of aromatic nitrogens is 3. The van der Waals surface area contributed by atoms with Crippen molar-refractivity contribution in [1.82, 2.24) is 14.5 Å². The molecule has 0 aliphatic heterocycles. The quantitative estimate of drug-likeness (QED) is 0.567. The van der Waals surface area contributed by atoms with Crippen LogP contribution in [0.4, 0.5) is 0 Å². The molecule has 0 radical (unpaired) electrons. The molecule has 0 spiro atoms. The Kier molecular flexibility index (Phi) is 5.57. The number of hydrogen-bond acceptors (Lipinski definition) is 5. The van der Waals surface area contributed by atoms with Gasteiger partial charge in [-0.25, -0.2) is 18.4 Å². The van der Waals surface area contributed by atoms with Crippen LogP contribution in [-0.4, -0.2) is 29.2 Å². The summed E-state index contributed by atoms with van der Waals surface area (Å²) in [5.74, 6) is 0.912. The third-order valence-electron chi connectivity index (χ3n) is 5.83. The molecule has 0 N–H and O–H groups in total. The summed E-state index contributed by atoms with van der Waals surface area (Å²) >= 11 is 0. The SMILES string of the molecule is Cc1ccccc1-c1cn([C@@H](/C=C/S(C)(=O)=O)C2CC2)c(=O)c2cnc(C(C)(C)C)nc12. The van der Waals surface area contributed by atoms with Crippen LogP contribution in [0.3, 0.4) is 0 Å². The maximum Gasteiger partial charge on any atom is 0.262 e. The van der Waals surface area contributed by atoms with Crippen molar-refractivity contribution < 1.29 is 8.42 Å². The van der Waals surface area contributed by atoms with Gasteiger partial charge < -0.3 is 4.57 Å². The van der Waals surface area contributed by atoms with E-state index in [0.29, 0.717) is 16.7 Å². The Labute approximate surface area is 189 Å². The average Bonchev–Trinajstić information content (AvgIpc) is 3.54. The van der Waals surface area contributed by atoms with E-state index in [1.807, 2.05) is 58.2 Å². The summed E-state index contributed by atoms with van der Waals surface area (Å²) in [5.41, 5.74) is 3.08. The minimum atomic E-state index is -3.30. The maximum absolute atomic E-state index is 13.6. The number of benzene rings is 1. The molecule has 4 rings (SSSR count). The molecule has 2 aromatic heterocycles. The lowest BCUT2D eigenvalue weighted by atomic mass is 9.95. The number of pyridine rings is 1. The van der Waals surface area contributed by atoms with E-state index in [2.05, 4.69) is 4.98 Å². The largest absolute Gasteiger partial charge is 0.307 e. The maximum atomic E-state index is 13.6. The van der Waals surface area contributed by atoms with Gasteiger partial charge in [-0.05, 0) is 36.8 Å². The fourth-order valence-electron chi connectivity index (χ4n) is 3.93. The van der Waals surface area contributed by atoms with Crippen LogP contribution in [0.25, 0.3) is 22.0 Å². The van der Waals surface area contributed by atoms with E-state index in [1.54, 1.807) is 16.8 Å². The number of hydrogen-bond donors (Lipinski definition) is 0. The Bertz CT molecular complexity index is 1380. The first kappa shape index (κ1) is 22.4. The molecule has 168 valence electrons. The average molecular weight is 452 g/mol. The molecule has 0 unspecified atom stereocenters. The Morgan fingerprint density at radius 2 is 1.84 bits per heavy atom. The summed E-state index contributed by atoms with van der Waals surface area (Å²) in [6, 6.07) is 7.68. The number of allylic oxidation sites excluding steroid dienone is 1. The smallest absolute Gasteiger partial charge is 0.262 e. The Balaban J connectivity index is 2.04. The van der Waals surface area contributed by atoms with Gasteiger partial charge in [0.1, 0.15) is 5.82 Å². The molecule has 32 heavy (non-hydrogen) atoms. The highest BCUT2D eigenvalue weighted by molar-refractivity contribution is 7.93. The summed E-state index contributed by atoms with van der Waals surface area (Å²) in [4.78, 5) is 22.9. The molecule has 1 saturated carbocycles. The van der Waals surface area contributed by atoms with Crippen LogP contribution in [0.2, 0.25) is 0 Å². The third-order valence-corrected chi connectivity index (χ3v) is 6.48. The van der Waals surface area contributed by atoms with Gasteiger partial charge in [0.25, 0.3) is 5.56 Å². The van der Waals surface area contributed by atoms with Crippen LogP contribution < -0.4 is 5.56 Å². The van der Waals surface area contributed by atoms with Gasteiger partial charge in [0.15, 0.2) is 9.84 Å². The summed E-state index contributed by atoms with van der Waals surface area (Å²) in [7, 11) is -3.30. The number of rotatable bonds is 5. The molecule has 1 fully saturated rings. The Morgan fingerprint density at radius 1 is 1.16 bits per heavy atom. The van der Waals surface area contributed by atoms with Crippen molar-refractivity contribution >= 4 is 20.7 Å². The van der Waals surface area contributed by atoms with Crippen LogP contribution >= 0.6 is 0 Å². The third kappa shape index (κ3) is 4.53. The van der Waals surface area contributed by atoms with Crippen molar-refractivity contribution in [3.63, 3.8) is 0 Å². The van der Waals surface area contributed by atoms with Gasteiger partial charge in [0.05, 0.1) is 16.9 Å². The fraction of sp³-hybridized carbons (Fsp3) is 0.400. The van der Waals surface area contributed by atoms with Crippen LogP contribution in [0.5, 0.6) is 0 Å². The van der Waals surface area contributed by atoms with Crippen LogP contribution in [-0.2, 0) is 15.3 Å². The van der Waals surface area contributed by atoms with Crippen molar-refractivity contribution in [2.24, 2.45) is 5.92 Å². The molecule has 7 heteroatoms. The molecule has 0 bridgehead atoms. The van der Waals surface area contributed by atoms with Gasteiger partial charge in [-0.1, -0.05) is 51.1 Å². The monoisotopic (exact) mass is 451 g/mol. The highest BCUT2D eigenvalue weighted by Crippen LogP contribution is 2.41. The van der Waals surface area contributed by atoms with Crippen LogP contribution in [0, 0.1) is 12.8 Å². The minimum Gasteiger partial charge on any atom is -0.307 e. The number of nitrogens with zero attached hydrogens (tertiary/aromatic N) is 3. The van der Waals surface area contributed by atoms with Gasteiger partial charge in [-0.3, -0.25) is 4.79 Å². The summed E-state index contributed by atoms with van der Waals surface area (Å²) < 4.78 is 25.2. The summed E-state index contributed by atoms with van der Waals surface area (Å²) in [5, 5.41) is 1.65. The van der Waals surface area contributed by atoms with E-state index in [-0.39, 0.29) is 22.9 Å². The van der Waals surface area contributed by atoms with Gasteiger partial charge >= 0.3 is 0 Å².